The van der Waals surface area contributed by atoms with E-state index in [0.29, 0.717) is 11.3 Å². The number of benzene rings is 2. The van der Waals surface area contributed by atoms with Gasteiger partial charge in [-0.3, -0.25) is 10.1 Å². The topological polar surface area (TPSA) is 77.2 Å². The summed E-state index contributed by atoms with van der Waals surface area (Å²) >= 11 is 0. The Balaban J connectivity index is 1.58. The van der Waals surface area contributed by atoms with Gasteiger partial charge in [-0.15, -0.1) is 0 Å². The maximum atomic E-state index is 12.9. The fourth-order valence-corrected chi connectivity index (χ4v) is 1.81. The zero-order chi connectivity index (χ0) is 16.1. The van der Waals surface area contributed by atoms with E-state index in [4.69, 9.17) is 9.26 Å². The largest absolute Gasteiger partial charge is 0.484 e. The van der Waals surface area contributed by atoms with Crippen LogP contribution in [-0.4, -0.2) is 22.7 Å². The number of nitrogens with zero attached hydrogens (tertiary/aromatic N) is 2. The standard InChI is InChI=1S/C16H12FN3O3/c17-12-8-6-11(7-9-12)15-19-16(20-23-15)18-14(21)10-22-13-4-2-1-3-5-13/h1-9H,10H2,(H,18,20,21). The van der Waals surface area contributed by atoms with Crippen molar-refractivity contribution < 1.29 is 18.4 Å². The van der Waals surface area contributed by atoms with Crippen LogP contribution >= 0.6 is 0 Å². The Morgan fingerprint density at radius 2 is 1.87 bits per heavy atom. The van der Waals surface area contributed by atoms with Crippen molar-refractivity contribution in [3.05, 3.63) is 60.4 Å². The molecule has 0 aliphatic carbocycles. The van der Waals surface area contributed by atoms with E-state index < -0.39 is 5.91 Å². The predicted octanol–water partition coefficient (Wildman–Crippen LogP) is 2.89. The van der Waals surface area contributed by atoms with Crippen molar-refractivity contribution >= 4 is 11.9 Å². The van der Waals surface area contributed by atoms with Crippen molar-refractivity contribution in [3.8, 4) is 17.2 Å². The minimum absolute atomic E-state index is 0.0194. The molecule has 0 saturated carbocycles. The number of halogens is 1. The Kier molecular flexibility index (Phi) is 4.28. The lowest BCUT2D eigenvalue weighted by atomic mass is 10.2. The second-order valence-corrected chi connectivity index (χ2v) is 4.58. The van der Waals surface area contributed by atoms with E-state index in [1.165, 1.54) is 24.3 Å². The lowest BCUT2D eigenvalue weighted by Crippen LogP contribution is -2.20. The molecule has 23 heavy (non-hydrogen) atoms. The van der Waals surface area contributed by atoms with Gasteiger partial charge in [0.1, 0.15) is 11.6 Å². The average molecular weight is 313 g/mol. The zero-order valence-electron chi connectivity index (χ0n) is 11.9. The van der Waals surface area contributed by atoms with Crippen molar-refractivity contribution in [2.45, 2.75) is 0 Å². The maximum absolute atomic E-state index is 12.9. The lowest BCUT2D eigenvalue weighted by molar-refractivity contribution is -0.118. The highest BCUT2D eigenvalue weighted by molar-refractivity contribution is 5.90. The van der Waals surface area contributed by atoms with E-state index in [-0.39, 0.29) is 24.3 Å². The van der Waals surface area contributed by atoms with Crippen LogP contribution < -0.4 is 10.1 Å². The molecule has 2 aromatic carbocycles. The van der Waals surface area contributed by atoms with Crippen molar-refractivity contribution in [2.75, 3.05) is 11.9 Å². The first-order chi connectivity index (χ1) is 11.2. The number of nitrogens with one attached hydrogen (secondary N) is 1. The van der Waals surface area contributed by atoms with Gasteiger partial charge in [-0.05, 0) is 41.6 Å². The third-order valence-electron chi connectivity index (χ3n) is 2.88. The number of aromatic nitrogens is 2. The molecule has 0 spiro atoms. The molecule has 1 N–H and O–H groups in total. The second-order valence-electron chi connectivity index (χ2n) is 4.58. The van der Waals surface area contributed by atoms with Gasteiger partial charge in [-0.1, -0.05) is 18.2 Å². The summed E-state index contributed by atoms with van der Waals surface area (Å²) in [5.41, 5.74) is 0.555. The molecular weight excluding hydrogens is 301 g/mol. The Hall–Kier alpha value is -3.22. The summed E-state index contributed by atoms with van der Waals surface area (Å²) in [6.07, 6.45) is 0. The molecule has 3 aromatic rings. The smallest absolute Gasteiger partial charge is 0.270 e. The summed E-state index contributed by atoms with van der Waals surface area (Å²) in [6.45, 7) is -0.176. The molecule has 0 fully saturated rings. The van der Waals surface area contributed by atoms with E-state index in [9.17, 15) is 9.18 Å². The fourth-order valence-electron chi connectivity index (χ4n) is 1.81. The number of rotatable bonds is 5. The van der Waals surface area contributed by atoms with Gasteiger partial charge in [-0.25, -0.2) is 4.39 Å². The van der Waals surface area contributed by atoms with E-state index in [2.05, 4.69) is 15.5 Å². The fraction of sp³-hybridized carbons (Fsp3) is 0.0625. The van der Waals surface area contributed by atoms with Gasteiger partial charge in [0.2, 0.25) is 0 Å². The number of para-hydroxylation sites is 1. The number of ether oxygens (including phenoxy) is 1. The Morgan fingerprint density at radius 3 is 2.61 bits per heavy atom. The minimum atomic E-state index is -0.416. The highest BCUT2D eigenvalue weighted by atomic mass is 19.1. The van der Waals surface area contributed by atoms with Crippen molar-refractivity contribution in [2.24, 2.45) is 0 Å². The monoisotopic (exact) mass is 313 g/mol. The van der Waals surface area contributed by atoms with E-state index in [1.54, 1.807) is 24.3 Å². The third kappa shape index (κ3) is 3.91. The number of carbonyl (C=O) groups excluding carboxylic acids is 1. The van der Waals surface area contributed by atoms with Crippen molar-refractivity contribution in [1.82, 2.24) is 10.1 Å². The van der Waals surface area contributed by atoms with Gasteiger partial charge < -0.3 is 9.26 Å². The lowest BCUT2D eigenvalue weighted by Gasteiger charge is -2.04. The van der Waals surface area contributed by atoms with E-state index in [1.807, 2.05) is 6.07 Å². The molecular formula is C16H12FN3O3. The molecule has 1 heterocycles. The molecule has 0 bridgehead atoms. The van der Waals surface area contributed by atoms with Gasteiger partial charge in [0.25, 0.3) is 17.7 Å². The highest BCUT2D eigenvalue weighted by Crippen LogP contribution is 2.18. The second kappa shape index (κ2) is 6.69. The summed E-state index contributed by atoms with van der Waals surface area (Å²) in [5.74, 6) is 0.0122. The molecule has 1 aromatic heterocycles. The van der Waals surface area contributed by atoms with Crippen LogP contribution in [0.15, 0.2) is 59.1 Å². The number of anilines is 1. The SMILES string of the molecule is O=C(COc1ccccc1)Nc1noc(-c2ccc(F)cc2)n1. The normalized spacial score (nSPS) is 10.3. The van der Waals surface area contributed by atoms with Gasteiger partial charge in [0.15, 0.2) is 6.61 Å². The summed E-state index contributed by atoms with van der Waals surface area (Å²) in [5, 5.41) is 6.10. The van der Waals surface area contributed by atoms with E-state index in [0.717, 1.165) is 0 Å². The Labute approximate surface area is 130 Å². The third-order valence-corrected chi connectivity index (χ3v) is 2.88. The summed E-state index contributed by atoms with van der Waals surface area (Å²) in [4.78, 5) is 15.8. The minimum Gasteiger partial charge on any atom is -0.484 e. The van der Waals surface area contributed by atoms with Crippen LogP contribution in [-0.2, 0) is 4.79 Å². The van der Waals surface area contributed by atoms with Crippen LogP contribution in [0.1, 0.15) is 0 Å². The number of amides is 1. The maximum Gasteiger partial charge on any atom is 0.270 e. The van der Waals surface area contributed by atoms with Gasteiger partial charge >= 0.3 is 0 Å². The Morgan fingerprint density at radius 1 is 1.13 bits per heavy atom. The number of carbonyl (C=O) groups is 1. The molecule has 116 valence electrons. The molecule has 1 amide bonds. The van der Waals surface area contributed by atoms with Gasteiger partial charge in [0, 0.05) is 5.56 Å². The van der Waals surface area contributed by atoms with Crippen LogP contribution in [0.25, 0.3) is 11.5 Å². The van der Waals surface area contributed by atoms with Crippen LogP contribution in [0, 0.1) is 5.82 Å². The quantitative estimate of drug-likeness (QED) is 0.783. The van der Waals surface area contributed by atoms with Crippen LogP contribution in [0.4, 0.5) is 10.3 Å². The van der Waals surface area contributed by atoms with Crippen molar-refractivity contribution in [3.63, 3.8) is 0 Å². The molecule has 3 rings (SSSR count). The first kappa shape index (κ1) is 14.7. The average Bonchev–Trinajstić information content (AvgIpc) is 3.03. The summed E-state index contributed by atoms with van der Waals surface area (Å²) < 4.78 is 23.2. The first-order valence-corrected chi connectivity index (χ1v) is 6.78. The van der Waals surface area contributed by atoms with Crippen molar-refractivity contribution in [1.29, 1.82) is 0 Å². The molecule has 0 atom stereocenters. The molecule has 0 aliphatic rings. The molecule has 0 unspecified atom stereocenters. The number of hydrogen-bond donors (Lipinski definition) is 1. The Bertz CT molecular complexity index is 788. The van der Waals surface area contributed by atoms with Gasteiger partial charge in [0.05, 0.1) is 0 Å². The van der Waals surface area contributed by atoms with E-state index >= 15 is 0 Å². The van der Waals surface area contributed by atoms with Crippen LogP contribution in [0.3, 0.4) is 0 Å². The van der Waals surface area contributed by atoms with Gasteiger partial charge in [-0.2, -0.15) is 4.98 Å². The molecule has 7 heteroatoms. The molecule has 6 nitrogen and oxygen atoms in total. The highest BCUT2D eigenvalue weighted by Gasteiger charge is 2.12. The summed E-state index contributed by atoms with van der Waals surface area (Å²) in [7, 11) is 0. The molecule has 0 radical (unpaired) electrons. The molecule has 0 aliphatic heterocycles. The zero-order valence-corrected chi connectivity index (χ0v) is 11.9. The first-order valence-electron chi connectivity index (χ1n) is 6.78. The predicted molar refractivity (Wildman–Crippen MR) is 80.3 cm³/mol. The molecule has 0 saturated heterocycles. The number of hydrogen-bond acceptors (Lipinski definition) is 5. The van der Waals surface area contributed by atoms with Crippen LogP contribution in [0.2, 0.25) is 0 Å². The van der Waals surface area contributed by atoms with Crippen LogP contribution in [0.5, 0.6) is 5.75 Å². The summed E-state index contributed by atoms with van der Waals surface area (Å²) in [6, 6.07) is 14.5.